The fraction of sp³-hybridized carbons (Fsp3) is 0.429. The minimum Gasteiger partial charge on any atom is -0.466 e. The molecule has 2 amide bonds. The van der Waals surface area contributed by atoms with E-state index >= 15 is 0 Å². The van der Waals surface area contributed by atoms with Crippen LogP contribution in [0, 0.1) is 0 Å². The Kier molecular flexibility index (Phi) is 2.86. The van der Waals surface area contributed by atoms with Crippen LogP contribution in [-0.4, -0.2) is 32.3 Å². The molecule has 6 nitrogen and oxygen atoms in total. The first-order valence-corrected chi connectivity index (χ1v) is 3.59. The van der Waals surface area contributed by atoms with Gasteiger partial charge >= 0.3 is 12.0 Å². The highest BCUT2D eigenvalue weighted by atomic mass is 16.5. The summed E-state index contributed by atoms with van der Waals surface area (Å²) in [5.41, 5.74) is 5.57. The topological polar surface area (TPSA) is 90.6 Å². The van der Waals surface area contributed by atoms with Crippen LogP contribution in [-0.2, 0) is 14.3 Å². The molecular formula is C7H10N2O4. The van der Waals surface area contributed by atoms with Gasteiger partial charge in [-0.25, -0.2) is 9.59 Å². The number of urea groups is 1. The summed E-state index contributed by atoms with van der Waals surface area (Å²) in [6.07, 6.45) is 0. The molecule has 3 N–H and O–H groups in total. The van der Waals surface area contributed by atoms with Gasteiger partial charge in [-0.05, 0) is 0 Å². The van der Waals surface area contributed by atoms with Crippen LogP contribution in [0.15, 0.2) is 11.3 Å². The highest BCUT2D eigenvalue weighted by molar-refractivity contribution is 5.91. The lowest BCUT2D eigenvalue weighted by Gasteiger charge is -2.03. The summed E-state index contributed by atoms with van der Waals surface area (Å²) in [5, 5.41) is 2.30. The van der Waals surface area contributed by atoms with E-state index in [0.717, 1.165) is 0 Å². The molecule has 1 heterocycles. The highest BCUT2D eigenvalue weighted by Gasteiger charge is 2.22. The number of ether oxygens (including phenoxy) is 2. The van der Waals surface area contributed by atoms with Gasteiger partial charge in [0.1, 0.15) is 0 Å². The van der Waals surface area contributed by atoms with E-state index in [4.69, 9.17) is 10.5 Å². The van der Waals surface area contributed by atoms with Gasteiger partial charge in [0, 0.05) is 0 Å². The lowest BCUT2D eigenvalue weighted by Crippen LogP contribution is -2.30. The fourth-order valence-corrected chi connectivity index (χ4v) is 0.995. The van der Waals surface area contributed by atoms with Crippen LogP contribution in [0.4, 0.5) is 4.79 Å². The summed E-state index contributed by atoms with van der Waals surface area (Å²) < 4.78 is 9.43. The molecule has 1 aliphatic rings. The van der Waals surface area contributed by atoms with Crippen molar-refractivity contribution >= 4 is 12.0 Å². The Hall–Kier alpha value is -1.56. The average molecular weight is 186 g/mol. The van der Waals surface area contributed by atoms with Gasteiger partial charge in [0.05, 0.1) is 31.6 Å². The zero-order valence-corrected chi connectivity index (χ0v) is 7.12. The molecule has 0 spiro atoms. The lowest BCUT2D eigenvalue weighted by molar-refractivity contribution is -0.136. The number of primary amides is 1. The molecule has 0 saturated carbocycles. The summed E-state index contributed by atoms with van der Waals surface area (Å²) >= 11 is 0. The van der Waals surface area contributed by atoms with E-state index < -0.39 is 12.0 Å². The number of carbonyl (C=O) groups excluding carboxylic acids is 2. The third kappa shape index (κ3) is 2.19. The molecule has 0 bridgehead atoms. The first-order chi connectivity index (χ1) is 6.15. The zero-order chi connectivity index (χ0) is 9.84. The van der Waals surface area contributed by atoms with Crippen LogP contribution in [0.3, 0.4) is 0 Å². The molecule has 0 atom stereocenters. The number of hydrogen-bond acceptors (Lipinski definition) is 4. The molecule has 0 fully saturated rings. The summed E-state index contributed by atoms with van der Waals surface area (Å²) in [6, 6.07) is -0.720. The van der Waals surface area contributed by atoms with Gasteiger partial charge in [0.25, 0.3) is 0 Å². The smallest absolute Gasteiger partial charge is 0.337 e. The minimum absolute atomic E-state index is 0.141. The molecule has 1 aliphatic heterocycles. The second-order valence-corrected chi connectivity index (χ2v) is 2.43. The maximum Gasteiger partial charge on any atom is 0.337 e. The number of methoxy groups -OCH3 is 1. The molecule has 13 heavy (non-hydrogen) atoms. The molecule has 1 rings (SSSR count). The molecule has 6 heteroatoms. The molecule has 0 saturated heterocycles. The van der Waals surface area contributed by atoms with Crippen molar-refractivity contribution in [3.05, 3.63) is 11.3 Å². The average Bonchev–Trinajstić information content (AvgIpc) is 2.50. The van der Waals surface area contributed by atoms with Gasteiger partial charge in [-0.1, -0.05) is 0 Å². The molecule has 0 unspecified atom stereocenters. The predicted octanol–water partition coefficient (Wildman–Crippen LogP) is -0.888. The van der Waals surface area contributed by atoms with E-state index in [9.17, 15) is 9.59 Å². The maximum absolute atomic E-state index is 11.1. The van der Waals surface area contributed by atoms with Crippen LogP contribution in [0.5, 0.6) is 0 Å². The van der Waals surface area contributed by atoms with Crippen molar-refractivity contribution in [1.82, 2.24) is 5.32 Å². The number of esters is 1. The maximum atomic E-state index is 11.1. The largest absolute Gasteiger partial charge is 0.466 e. The van der Waals surface area contributed by atoms with Crippen molar-refractivity contribution in [1.29, 1.82) is 0 Å². The summed E-state index contributed by atoms with van der Waals surface area (Å²) in [7, 11) is 1.26. The van der Waals surface area contributed by atoms with E-state index in [1.165, 1.54) is 7.11 Å². The van der Waals surface area contributed by atoms with Crippen molar-refractivity contribution in [3.8, 4) is 0 Å². The Morgan fingerprint density at radius 1 is 1.54 bits per heavy atom. The van der Waals surface area contributed by atoms with E-state index in [0.29, 0.717) is 11.3 Å². The van der Waals surface area contributed by atoms with Crippen LogP contribution in [0.25, 0.3) is 0 Å². The van der Waals surface area contributed by atoms with Crippen LogP contribution in [0.2, 0.25) is 0 Å². The van der Waals surface area contributed by atoms with Crippen LogP contribution in [0.1, 0.15) is 0 Å². The standard InChI is InChI=1S/C7H10N2O4/c1-12-6(10)4-2-13-3-5(4)9-7(8)11/h2-3H2,1H3,(H3,8,9,11). The molecule has 0 aromatic carbocycles. The second kappa shape index (κ2) is 3.90. The number of carbonyl (C=O) groups is 2. The highest BCUT2D eigenvalue weighted by Crippen LogP contribution is 2.12. The number of nitrogens with one attached hydrogen (secondary N) is 1. The third-order valence-electron chi connectivity index (χ3n) is 1.56. The summed E-state index contributed by atoms with van der Waals surface area (Å²) in [5.74, 6) is -0.513. The fourth-order valence-electron chi connectivity index (χ4n) is 0.995. The lowest BCUT2D eigenvalue weighted by atomic mass is 10.2. The molecule has 0 radical (unpaired) electrons. The quantitative estimate of drug-likeness (QED) is 0.547. The molecule has 0 aromatic heterocycles. The van der Waals surface area contributed by atoms with Gasteiger partial charge in [0.15, 0.2) is 0 Å². The molecular weight excluding hydrogens is 176 g/mol. The van der Waals surface area contributed by atoms with E-state index in [2.05, 4.69) is 10.1 Å². The Bertz CT molecular complexity index is 272. The van der Waals surface area contributed by atoms with Crippen molar-refractivity contribution in [3.63, 3.8) is 0 Å². The number of hydrogen-bond donors (Lipinski definition) is 2. The van der Waals surface area contributed by atoms with Crippen molar-refractivity contribution < 1.29 is 19.1 Å². The van der Waals surface area contributed by atoms with Gasteiger partial charge < -0.3 is 20.5 Å². The molecule has 0 aromatic rings. The normalized spacial score (nSPS) is 15.8. The first kappa shape index (κ1) is 9.53. The summed E-state index contributed by atoms with van der Waals surface area (Å²) in [4.78, 5) is 21.5. The molecule has 72 valence electrons. The predicted molar refractivity (Wildman–Crippen MR) is 42.6 cm³/mol. The van der Waals surface area contributed by atoms with Crippen LogP contribution < -0.4 is 11.1 Å². The monoisotopic (exact) mass is 186 g/mol. The summed E-state index contributed by atoms with van der Waals surface area (Å²) in [6.45, 7) is 0.315. The second-order valence-electron chi connectivity index (χ2n) is 2.43. The number of amides is 2. The minimum atomic E-state index is -0.720. The van der Waals surface area contributed by atoms with Gasteiger partial charge in [-0.3, -0.25) is 0 Å². The SMILES string of the molecule is COC(=O)C1=C(NC(N)=O)COC1. The first-order valence-electron chi connectivity index (χ1n) is 3.59. The van der Waals surface area contributed by atoms with Gasteiger partial charge in [-0.2, -0.15) is 0 Å². The van der Waals surface area contributed by atoms with Crippen molar-refractivity contribution in [2.24, 2.45) is 5.73 Å². The Balaban J connectivity index is 2.76. The van der Waals surface area contributed by atoms with Crippen molar-refractivity contribution in [2.75, 3.05) is 20.3 Å². The van der Waals surface area contributed by atoms with E-state index in [-0.39, 0.29) is 13.2 Å². The zero-order valence-electron chi connectivity index (χ0n) is 7.12. The van der Waals surface area contributed by atoms with E-state index in [1.807, 2.05) is 0 Å². The number of rotatable bonds is 2. The van der Waals surface area contributed by atoms with Crippen LogP contribution >= 0.6 is 0 Å². The van der Waals surface area contributed by atoms with Crippen molar-refractivity contribution in [2.45, 2.75) is 0 Å². The Labute approximate surface area is 74.7 Å². The number of nitrogens with two attached hydrogens (primary N) is 1. The van der Waals surface area contributed by atoms with Gasteiger partial charge in [0.2, 0.25) is 0 Å². The Morgan fingerprint density at radius 2 is 2.23 bits per heavy atom. The van der Waals surface area contributed by atoms with E-state index in [1.54, 1.807) is 0 Å². The third-order valence-corrected chi connectivity index (χ3v) is 1.56. The Morgan fingerprint density at radius 3 is 2.77 bits per heavy atom. The van der Waals surface area contributed by atoms with Gasteiger partial charge in [-0.15, -0.1) is 0 Å². The molecule has 0 aliphatic carbocycles.